The highest BCUT2D eigenvalue weighted by molar-refractivity contribution is 5.24. The molecule has 0 aromatic heterocycles. The van der Waals surface area contributed by atoms with Crippen LogP contribution in [0.15, 0.2) is 24.3 Å². The van der Waals surface area contributed by atoms with Gasteiger partial charge in [0.15, 0.2) is 0 Å². The Hall–Kier alpha value is -0.900. The van der Waals surface area contributed by atoms with Crippen LogP contribution in [0.25, 0.3) is 0 Å². The molecular weight excluding hydrogens is 200 g/mol. The van der Waals surface area contributed by atoms with Crippen molar-refractivity contribution >= 4 is 0 Å². The number of ether oxygens (including phenoxy) is 1. The molecule has 0 aliphatic carbocycles. The Morgan fingerprint density at radius 1 is 1.31 bits per heavy atom. The van der Waals surface area contributed by atoms with E-state index in [4.69, 9.17) is 10.6 Å². The van der Waals surface area contributed by atoms with Gasteiger partial charge in [0.2, 0.25) is 0 Å². The fourth-order valence-corrected chi connectivity index (χ4v) is 1.65. The third kappa shape index (κ3) is 3.59. The molecule has 0 saturated heterocycles. The molecule has 0 bridgehead atoms. The summed E-state index contributed by atoms with van der Waals surface area (Å²) >= 11 is 0. The summed E-state index contributed by atoms with van der Waals surface area (Å²) in [6.45, 7) is 6.20. The first-order valence-electron chi connectivity index (χ1n) is 5.56. The molecule has 3 N–H and O–H groups in total. The van der Waals surface area contributed by atoms with Crippen LogP contribution in [0.3, 0.4) is 0 Å². The number of aryl methyl sites for hydroxylation is 1. The molecule has 1 atom stereocenters. The van der Waals surface area contributed by atoms with Gasteiger partial charge in [-0.25, -0.2) is 0 Å². The summed E-state index contributed by atoms with van der Waals surface area (Å²) < 4.78 is 5.42. The molecule has 0 heterocycles. The van der Waals surface area contributed by atoms with Gasteiger partial charge < -0.3 is 4.74 Å². The van der Waals surface area contributed by atoms with Crippen LogP contribution in [-0.4, -0.2) is 12.7 Å². The molecule has 0 amide bonds. The van der Waals surface area contributed by atoms with Crippen molar-refractivity contribution in [2.45, 2.75) is 38.8 Å². The molecule has 16 heavy (non-hydrogen) atoms. The third-order valence-corrected chi connectivity index (χ3v) is 2.93. The number of methoxy groups -OCH3 is 1. The van der Waals surface area contributed by atoms with E-state index in [2.05, 4.69) is 50.5 Å². The number of benzene rings is 1. The fourth-order valence-electron chi connectivity index (χ4n) is 1.65. The Balaban J connectivity index is 2.78. The average molecular weight is 222 g/mol. The van der Waals surface area contributed by atoms with E-state index in [0.29, 0.717) is 0 Å². The third-order valence-electron chi connectivity index (χ3n) is 2.93. The Morgan fingerprint density at radius 3 is 2.31 bits per heavy atom. The quantitative estimate of drug-likeness (QED) is 0.593. The van der Waals surface area contributed by atoms with Gasteiger partial charge in [-0.2, -0.15) is 0 Å². The van der Waals surface area contributed by atoms with Gasteiger partial charge in [0.25, 0.3) is 0 Å². The lowest BCUT2D eigenvalue weighted by Crippen LogP contribution is -2.35. The smallest absolute Gasteiger partial charge is 0.0641 e. The van der Waals surface area contributed by atoms with Crippen molar-refractivity contribution in [3.8, 4) is 0 Å². The molecule has 1 aromatic rings. The molecule has 1 rings (SSSR count). The first-order chi connectivity index (χ1) is 7.48. The normalized spacial score (nSPS) is 13.8. The van der Waals surface area contributed by atoms with Crippen LogP contribution < -0.4 is 11.3 Å². The number of nitrogens with one attached hydrogen (secondary N) is 1. The van der Waals surface area contributed by atoms with Crippen molar-refractivity contribution in [1.29, 1.82) is 0 Å². The zero-order chi connectivity index (χ0) is 12.2. The Labute approximate surface area is 98.0 Å². The topological polar surface area (TPSA) is 47.3 Å². The summed E-state index contributed by atoms with van der Waals surface area (Å²) in [5.41, 5.74) is 5.12. The molecule has 1 aromatic carbocycles. The summed E-state index contributed by atoms with van der Waals surface area (Å²) in [5.74, 6) is 5.60. The van der Waals surface area contributed by atoms with Gasteiger partial charge in [0, 0.05) is 13.2 Å². The average Bonchev–Trinajstić information content (AvgIpc) is 2.27. The lowest BCUT2D eigenvalue weighted by molar-refractivity contribution is 0.00681. The summed E-state index contributed by atoms with van der Waals surface area (Å²) in [5, 5.41) is 0. The number of rotatable bonds is 5. The van der Waals surface area contributed by atoms with E-state index in [0.717, 1.165) is 6.42 Å². The van der Waals surface area contributed by atoms with Crippen molar-refractivity contribution in [3.63, 3.8) is 0 Å². The number of nitrogens with two attached hydrogens (primary N) is 1. The van der Waals surface area contributed by atoms with Crippen molar-refractivity contribution in [2.75, 3.05) is 7.11 Å². The first kappa shape index (κ1) is 13.2. The van der Waals surface area contributed by atoms with Crippen molar-refractivity contribution in [3.05, 3.63) is 35.4 Å². The maximum absolute atomic E-state index is 5.60. The molecule has 3 nitrogen and oxygen atoms in total. The van der Waals surface area contributed by atoms with E-state index in [9.17, 15) is 0 Å². The van der Waals surface area contributed by atoms with Gasteiger partial charge in [0.1, 0.15) is 0 Å². The predicted octanol–water partition coefficient (Wildman–Crippen LogP) is 2.31. The molecule has 0 aliphatic rings. The second-order valence-electron chi connectivity index (χ2n) is 4.80. The van der Waals surface area contributed by atoms with E-state index in [1.54, 1.807) is 7.11 Å². The largest absolute Gasteiger partial charge is 0.379 e. The van der Waals surface area contributed by atoms with E-state index >= 15 is 0 Å². The summed E-state index contributed by atoms with van der Waals surface area (Å²) in [4.78, 5) is 0. The van der Waals surface area contributed by atoms with Crippen LogP contribution in [0.2, 0.25) is 0 Å². The Morgan fingerprint density at radius 2 is 1.88 bits per heavy atom. The highest BCUT2D eigenvalue weighted by Crippen LogP contribution is 2.25. The van der Waals surface area contributed by atoms with E-state index in [1.165, 1.54) is 11.1 Å². The maximum Gasteiger partial charge on any atom is 0.0641 e. The second-order valence-corrected chi connectivity index (χ2v) is 4.80. The van der Waals surface area contributed by atoms with Crippen LogP contribution >= 0.6 is 0 Å². The monoisotopic (exact) mass is 222 g/mol. The minimum atomic E-state index is -0.179. The molecule has 0 aliphatic heterocycles. The Bertz CT molecular complexity index is 319. The minimum absolute atomic E-state index is 0.121. The molecule has 1 unspecified atom stereocenters. The number of hydrogen-bond acceptors (Lipinski definition) is 3. The van der Waals surface area contributed by atoms with Gasteiger partial charge >= 0.3 is 0 Å². The molecule has 0 spiro atoms. The second kappa shape index (κ2) is 5.43. The molecule has 0 saturated carbocycles. The summed E-state index contributed by atoms with van der Waals surface area (Å²) in [6, 6.07) is 8.52. The highest BCUT2D eigenvalue weighted by Gasteiger charge is 2.23. The summed E-state index contributed by atoms with van der Waals surface area (Å²) in [6.07, 6.45) is 0.836. The molecule has 0 radical (unpaired) electrons. The SMILES string of the molecule is COC(C)(C)CC(NN)c1ccc(C)cc1. The molecule has 90 valence electrons. The standard InChI is InChI=1S/C13H22N2O/c1-10-5-7-11(8-6-10)12(15-14)9-13(2,3)16-4/h5-8,12,15H,9,14H2,1-4H3. The number of hydrogen-bond donors (Lipinski definition) is 2. The van der Waals surface area contributed by atoms with Crippen molar-refractivity contribution in [1.82, 2.24) is 5.43 Å². The van der Waals surface area contributed by atoms with Crippen molar-refractivity contribution in [2.24, 2.45) is 5.84 Å². The van der Waals surface area contributed by atoms with E-state index in [-0.39, 0.29) is 11.6 Å². The lowest BCUT2D eigenvalue weighted by Gasteiger charge is -2.28. The van der Waals surface area contributed by atoms with Gasteiger partial charge in [-0.05, 0) is 32.8 Å². The summed E-state index contributed by atoms with van der Waals surface area (Å²) in [7, 11) is 1.72. The van der Waals surface area contributed by atoms with Crippen LogP contribution in [0.5, 0.6) is 0 Å². The molecular formula is C13H22N2O. The van der Waals surface area contributed by atoms with Crippen LogP contribution in [0.1, 0.15) is 37.4 Å². The Kier molecular flexibility index (Phi) is 4.47. The van der Waals surface area contributed by atoms with Crippen LogP contribution in [0, 0.1) is 6.92 Å². The fraction of sp³-hybridized carbons (Fsp3) is 0.538. The van der Waals surface area contributed by atoms with E-state index in [1.807, 2.05) is 0 Å². The van der Waals surface area contributed by atoms with Gasteiger partial charge in [0.05, 0.1) is 5.60 Å². The molecule has 0 fully saturated rings. The maximum atomic E-state index is 5.60. The van der Waals surface area contributed by atoms with Gasteiger partial charge in [-0.15, -0.1) is 0 Å². The van der Waals surface area contributed by atoms with Gasteiger partial charge in [-0.1, -0.05) is 29.8 Å². The van der Waals surface area contributed by atoms with E-state index < -0.39 is 0 Å². The van der Waals surface area contributed by atoms with Gasteiger partial charge in [-0.3, -0.25) is 11.3 Å². The highest BCUT2D eigenvalue weighted by atomic mass is 16.5. The molecule has 3 heteroatoms. The minimum Gasteiger partial charge on any atom is -0.379 e. The van der Waals surface area contributed by atoms with Crippen LogP contribution in [-0.2, 0) is 4.74 Å². The predicted molar refractivity (Wildman–Crippen MR) is 66.9 cm³/mol. The first-order valence-corrected chi connectivity index (χ1v) is 5.56. The zero-order valence-corrected chi connectivity index (χ0v) is 10.6. The zero-order valence-electron chi connectivity index (χ0n) is 10.6. The lowest BCUT2D eigenvalue weighted by atomic mass is 9.93. The van der Waals surface area contributed by atoms with Crippen molar-refractivity contribution < 1.29 is 4.74 Å². The van der Waals surface area contributed by atoms with Crippen LogP contribution in [0.4, 0.5) is 0 Å². The number of hydrazine groups is 1.